The number of piperidine rings is 1. The van der Waals surface area contributed by atoms with Crippen molar-refractivity contribution in [2.45, 2.75) is 51.6 Å². The first-order valence-corrected chi connectivity index (χ1v) is 9.03. The Kier molecular flexibility index (Phi) is 3.50. The maximum atomic E-state index is 10.5. The van der Waals surface area contributed by atoms with Crippen LogP contribution in [0.5, 0.6) is 5.75 Å². The van der Waals surface area contributed by atoms with Gasteiger partial charge >= 0.3 is 0 Å². The lowest BCUT2D eigenvalue weighted by atomic mass is 9.51. The summed E-state index contributed by atoms with van der Waals surface area (Å²) in [7, 11) is 0. The van der Waals surface area contributed by atoms with Crippen LogP contribution in [0.1, 0.15) is 43.9 Å². The van der Waals surface area contributed by atoms with Gasteiger partial charge in [-0.05, 0) is 47.6 Å². The standard InChI is InChI=1S/C22H27NO/c1-21(2)20-14-17-18(10-7-11-19(17)24)22(21,3)12-13-23(20)15-16-8-5-4-6-9-16/h4-11,20,24H,12-15H2,1-3H3/t20-,22+/m1/s1. The molecule has 4 rings (SSSR count). The van der Waals surface area contributed by atoms with Gasteiger partial charge in [0.1, 0.15) is 5.75 Å². The first-order chi connectivity index (χ1) is 11.4. The molecule has 1 fully saturated rings. The van der Waals surface area contributed by atoms with E-state index in [-0.39, 0.29) is 10.8 Å². The van der Waals surface area contributed by atoms with Gasteiger partial charge in [-0.3, -0.25) is 4.90 Å². The summed E-state index contributed by atoms with van der Waals surface area (Å²) in [6.07, 6.45) is 2.08. The van der Waals surface area contributed by atoms with Gasteiger partial charge in [0, 0.05) is 18.0 Å². The summed E-state index contributed by atoms with van der Waals surface area (Å²) in [5.74, 6) is 0.473. The molecule has 1 heterocycles. The highest BCUT2D eigenvalue weighted by Crippen LogP contribution is 2.57. The van der Waals surface area contributed by atoms with Crippen molar-refractivity contribution in [2.75, 3.05) is 6.54 Å². The number of phenols is 1. The number of fused-ring (bicyclic) bond motifs is 4. The second-order valence-electron chi connectivity index (χ2n) is 8.28. The van der Waals surface area contributed by atoms with Crippen LogP contribution in [0.4, 0.5) is 0 Å². The van der Waals surface area contributed by atoms with Crippen molar-refractivity contribution < 1.29 is 5.11 Å². The maximum Gasteiger partial charge on any atom is 0.119 e. The van der Waals surface area contributed by atoms with Crippen molar-refractivity contribution in [1.82, 2.24) is 4.90 Å². The number of rotatable bonds is 2. The molecule has 0 amide bonds. The van der Waals surface area contributed by atoms with Gasteiger partial charge in [0.15, 0.2) is 0 Å². The van der Waals surface area contributed by atoms with E-state index >= 15 is 0 Å². The molecule has 2 atom stereocenters. The predicted molar refractivity (Wildman–Crippen MR) is 98.2 cm³/mol. The molecule has 1 N–H and O–H groups in total. The Morgan fingerprint density at radius 2 is 1.79 bits per heavy atom. The van der Waals surface area contributed by atoms with Crippen LogP contribution in [-0.4, -0.2) is 22.6 Å². The van der Waals surface area contributed by atoms with E-state index in [4.69, 9.17) is 0 Å². The van der Waals surface area contributed by atoms with Gasteiger partial charge in [0.25, 0.3) is 0 Å². The topological polar surface area (TPSA) is 23.5 Å². The summed E-state index contributed by atoms with van der Waals surface area (Å²) in [6.45, 7) is 9.35. The number of nitrogens with zero attached hydrogens (tertiary/aromatic N) is 1. The lowest BCUT2D eigenvalue weighted by Crippen LogP contribution is -2.63. The fourth-order valence-corrected chi connectivity index (χ4v) is 5.04. The Hall–Kier alpha value is -1.80. The van der Waals surface area contributed by atoms with Gasteiger partial charge in [0.05, 0.1) is 0 Å². The lowest BCUT2D eigenvalue weighted by Gasteiger charge is -2.61. The smallest absolute Gasteiger partial charge is 0.119 e. The fraction of sp³-hybridized carbons (Fsp3) is 0.455. The number of aromatic hydroxyl groups is 1. The third-order valence-electron chi connectivity index (χ3n) is 6.97. The van der Waals surface area contributed by atoms with Crippen molar-refractivity contribution in [3.05, 3.63) is 65.2 Å². The highest BCUT2D eigenvalue weighted by molar-refractivity contribution is 5.48. The van der Waals surface area contributed by atoms with Gasteiger partial charge in [-0.1, -0.05) is 63.2 Å². The third kappa shape index (κ3) is 2.12. The van der Waals surface area contributed by atoms with E-state index in [0.717, 1.165) is 25.9 Å². The van der Waals surface area contributed by atoms with E-state index in [1.807, 2.05) is 12.1 Å². The second kappa shape index (κ2) is 5.35. The molecule has 2 aliphatic rings. The van der Waals surface area contributed by atoms with Crippen molar-refractivity contribution in [2.24, 2.45) is 5.41 Å². The molecule has 2 bridgehead atoms. The van der Waals surface area contributed by atoms with Crippen LogP contribution in [-0.2, 0) is 18.4 Å². The Balaban J connectivity index is 1.75. The quantitative estimate of drug-likeness (QED) is 0.880. The molecule has 24 heavy (non-hydrogen) atoms. The van der Waals surface area contributed by atoms with Gasteiger partial charge in [-0.2, -0.15) is 0 Å². The first kappa shape index (κ1) is 15.7. The zero-order valence-corrected chi connectivity index (χ0v) is 14.9. The summed E-state index contributed by atoms with van der Waals surface area (Å²) >= 11 is 0. The molecule has 0 saturated carbocycles. The van der Waals surface area contributed by atoms with Crippen molar-refractivity contribution in [3.63, 3.8) is 0 Å². The first-order valence-electron chi connectivity index (χ1n) is 9.03. The molecule has 2 nitrogen and oxygen atoms in total. The molecule has 1 aliphatic carbocycles. The number of hydrogen-bond acceptors (Lipinski definition) is 2. The molecule has 2 aromatic carbocycles. The molecule has 0 radical (unpaired) electrons. The van der Waals surface area contributed by atoms with E-state index in [9.17, 15) is 5.11 Å². The molecule has 0 aromatic heterocycles. The zero-order chi connectivity index (χ0) is 16.9. The van der Waals surface area contributed by atoms with Crippen LogP contribution >= 0.6 is 0 Å². The normalized spacial score (nSPS) is 28.4. The van der Waals surface area contributed by atoms with Crippen molar-refractivity contribution in [1.29, 1.82) is 0 Å². The molecular weight excluding hydrogens is 294 g/mol. The number of likely N-dealkylation sites (tertiary alicyclic amines) is 1. The van der Waals surface area contributed by atoms with Crippen molar-refractivity contribution in [3.8, 4) is 5.75 Å². The highest BCUT2D eigenvalue weighted by atomic mass is 16.3. The Bertz CT molecular complexity index is 752. The van der Waals surface area contributed by atoms with Gasteiger partial charge in [-0.25, -0.2) is 0 Å². The SMILES string of the molecule is CC1(C)[C@H]2Cc3c(O)cccc3[C@]1(C)CCN2Cc1ccccc1. The highest BCUT2D eigenvalue weighted by Gasteiger charge is 2.56. The van der Waals surface area contributed by atoms with Crippen molar-refractivity contribution >= 4 is 0 Å². The molecule has 0 unspecified atom stereocenters. The largest absolute Gasteiger partial charge is 0.508 e. The van der Waals surface area contributed by atoms with E-state index in [1.165, 1.54) is 16.7 Å². The molecule has 1 aliphatic heterocycles. The van der Waals surface area contributed by atoms with Crippen LogP contribution in [0, 0.1) is 5.41 Å². The number of hydrogen-bond donors (Lipinski definition) is 1. The summed E-state index contributed by atoms with van der Waals surface area (Å²) in [4.78, 5) is 2.63. The zero-order valence-electron chi connectivity index (χ0n) is 14.9. The van der Waals surface area contributed by atoms with Crippen LogP contribution in [0.25, 0.3) is 0 Å². The van der Waals surface area contributed by atoms with Gasteiger partial charge in [-0.15, -0.1) is 0 Å². The predicted octanol–water partition coefficient (Wildman–Crippen LogP) is 4.51. The molecule has 0 spiro atoms. The molecular formula is C22H27NO. The summed E-state index contributed by atoms with van der Waals surface area (Å²) in [6, 6.07) is 17.3. The minimum Gasteiger partial charge on any atom is -0.508 e. The Morgan fingerprint density at radius 3 is 2.54 bits per heavy atom. The van der Waals surface area contributed by atoms with E-state index in [1.54, 1.807) is 0 Å². The molecule has 2 aromatic rings. The Labute approximate surface area is 145 Å². The van der Waals surface area contributed by atoms with Crippen LogP contribution < -0.4 is 0 Å². The monoisotopic (exact) mass is 321 g/mol. The van der Waals surface area contributed by atoms with Gasteiger partial charge < -0.3 is 5.11 Å². The van der Waals surface area contributed by atoms with Gasteiger partial charge in [0.2, 0.25) is 0 Å². The summed E-state index contributed by atoms with van der Waals surface area (Å²) in [5, 5.41) is 10.5. The number of phenolic OH excluding ortho intramolecular Hbond substituents is 1. The third-order valence-corrected chi connectivity index (χ3v) is 6.97. The molecule has 126 valence electrons. The maximum absolute atomic E-state index is 10.5. The van der Waals surface area contributed by atoms with E-state index in [2.05, 4.69) is 62.1 Å². The second-order valence-corrected chi connectivity index (χ2v) is 8.28. The van der Waals surface area contributed by atoms with Crippen LogP contribution in [0.3, 0.4) is 0 Å². The molecule has 2 heteroatoms. The van der Waals surface area contributed by atoms with E-state index in [0.29, 0.717) is 11.8 Å². The van der Waals surface area contributed by atoms with Crippen LogP contribution in [0.15, 0.2) is 48.5 Å². The average molecular weight is 321 g/mol. The summed E-state index contributed by atoms with van der Waals surface area (Å²) < 4.78 is 0. The lowest BCUT2D eigenvalue weighted by molar-refractivity contribution is -0.0426. The minimum atomic E-state index is 0.122. The number of benzene rings is 2. The fourth-order valence-electron chi connectivity index (χ4n) is 5.04. The van der Waals surface area contributed by atoms with Crippen LogP contribution in [0.2, 0.25) is 0 Å². The van der Waals surface area contributed by atoms with E-state index < -0.39 is 0 Å². The summed E-state index contributed by atoms with van der Waals surface area (Å²) in [5.41, 5.74) is 4.21. The molecule has 1 saturated heterocycles. The minimum absolute atomic E-state index is 0.122. The average Bonchev–Trinajstić information content (AvgIpc) is 2.55. The Morgan fingerprint density at radius 1 is 1.04 bits per heavy atom.